The molecular weight excluding hydrogens is 406 g/mol. The number of allylic oxidation sites excluding steroid dienone is 3. The standard InChI is InChI=1S/C30H39NO2/c1-18-24(17-29(3,4)5)30(6,7)23-16-20-12-10-11-13-21(20)25-22(14-15-33-9)28(19(2)32)31(8)27(18)26(23)25/h10-13,16-17,22,28,32H,2,14-15H2,1,3-9H3/b24-17+. The zero-order valence-electron chi connectivity index (χ0n) is 21.5. The predicted octanol–water partition coefficient (Wildman–Crippen LogP) is 7.34. The van der Waals surface area contributed by atoms with E-state index in [0.717, 1.165) is 6.42 Å². The van der Waals surface area contributed by atoms with Gasteiger partial charge < -0.3 is 14.7 Å². The molecule has 0 spiro atoms. The number of aliphatic hydroxyl groups excluding tert-OH is 1. The van der Waals surface area contributed by atoms with Crippen molar-refractivity contribution in [1.29, 1.82) is 0 Å². The smallest absolute Gasteiger partial charge is 0.108 e. The number of rotatable bonds is 4. The summed E-state index contributed by atoms with van der Waals surface area (Å²) in [6, 6.07) is 10.9. The summed E-state index contributed by atoms with van der Waals surface area (Å²) in [7, 11) is 3.86. The van der Waals surface area contributed by atoms with E-state index in [4.69, 9.17) is 4.74 Å². The van der Waals surface area contributed by atoms with Gasteiger partial charge in [0.15, 0.2) is 0 Å². The molecule has 2 unspecified atom stereocenters. The average molecular weight is 446 g/mol. The van der Waals surface area contributed by atoms with E-state index in [1.807, 2.05) is 0 Å². The largest absolute Gasteiger partial charge is 0.511 e. The Morgan fingerprint density at radius 2 is 1.91 bits per heavy atom. The number of nitrogens with zero attached hydrogens (tertiary/aromatic N) is 1. The van der Waals surface area contributed by atoms with Crippen LogP contribution < -0.4 is 0 Å². The lowest BCUT2D eigenvalue weighted by Gasteiger charge is -2.50. The Balaban J connectivity index is 2.18. The fraction of sp³-hybridized carbons (Fsp3) is 0.467. The van der Waals surface area contributed by atoms with E-state index in [-0.39, 0.29) is 28.5 Å². The van der Waals surface area contributed by atoms with Crippen molar-refractivity contribution in [2.45, 2.75) is 65.3 Å². The minimum absolute atomic E-state index is 0.0554. The molecule has 0 amide bonds. The zero-order valence-corrected chi connectivity index (χ0v) is 21.5. The lowest BCUT2D eigenvalue weighted by atomic mass is 9.62. The van der Waals surface area contributed by atoms with E-state index in [1.54, 1.807) is 7.11 Å². The van der Waals surface area contributed by atoms with Crippen molar-refractivity contribution in [3.8, 4) is 0 Å². The van der Waals surface area contributed by atoms with Crippen LogP contribution in [0.25, 0.3) is 16.5 Å². The maximum absolute atomic E-state index is 10.8. The molecule has 2 aromatic rings. The SMILES string of the molecule is C=C(O)C1C(CCOC)c2c3c(cc4ccccc24)C(C)(C)/C(=C/C(C)(C)C)C(C)=C3N1C. The fourth-order valence-electron chi connectivity index (χ4n) is 6.17. The minimum Gasteiger partial charge on any atom is -0.511 e. The molecule has 33 heavy (non-hydrogen) atoms. The maximum Gasteiger partial charge on any atom is 0.108 e. The van der Waals surface area contributed by atoms with Gasteiger partial charge in [0.2, 0.25) is 0 Å². The molecule has 1 N–H and O–H groups in total. The number of methoxy groups -OCH3 is 1. The summed E-state index contributed by atoms with van der Waals surface area (Å²) in [5, 5.41) is 13.4. The van der Waals surface area contributed by atoms with Gasteiger partial charge in [-0.05, 0) is 57.9 Å². The average Bonchev–Trinajstić information content (AvgIpc) is 2.72. The van der Waals surface area contributed by atoms with Gasteiger partial charge in [0, 0.05) is 43.4 Å². The Kier molecular flexibility index (Phi) is 5.77. The summed E-state index contributed by atoms with van der Waals surface area (Å²) in [5.41, 5.74) is 7.82. The topological polar surface area (TPSA) is 32.7 Å². The second-order valence-electron chi connectivity index (χ2n) is 11.4. The first-order valence-electron chi connectivity index (χ1n) is 12.0. The van der Waals surface area contributed by atoms with Gasteiger partial charge in [0.1, 0.15) is 5.76 Å². The van der Waals surface area contributed by atoms with Crippen LogP contribution in [0.3, 0.4) is 0 Å². The first-order valence-corrected chi connectivity index (χ1v) is 12.0. The summed E-state index contributed by atoms with van der Waals surface area (Å²) in [4.78, 5) is 2.27. The van der Waals surface area contributed by atoms with Crippen LogP contribution in [-0.2, 0) is 10.2 Å². The maximum atomic E-state index is 10.8. The minimum atomic E-state index is -0.201. The van der Waals surface area contributed by atoms with Crippen molar-refractivity contribution in [2.75, 3.05) is 20.8 Å². The molecule has 1 aliphatic heterocycles. The number of benzene rings is 2. The van der Waals surface area contributed by atoms with Crippen molar-refractivity contribution in [2.24, 2.45) is 5.41 Å². The monoisotopic (exact) mass is 445 g/mol. The number of likely N-dealkylation sites (N-methyl/N-ethyl adjacent to an activating group) is 1. The van der Waals surface area contributed by atoms with Crippen molar-refractivity contribution >= 4 is 16.5 Å². The first-order chi connectivity index (χ1) is 15.4. The van der Waals surface area contributed by atoms with Crippen molar-refractivity contribution in [3.05, 3.63) is 76.6 Å². The van der Waals surface area contributed by atoms with Gasteiger partial charge in [-0.3, -0.25) is 0 Å². The Hall–Kier alpha value is -2.52. The zero-order chi connectivity index (χ0) is 24.3. The molecule has 3 heteroatoms. The number of fused-ring (bicyclic) bond motifs is 2. The van der Waals surface area contributed by atoms with Gasteiger partial charge in [0.25, 0.3) is 0 Å². The molecule has 2 aliphatic rings. The summed E-state index contributed by atoms with van der Waals surface area (Å²) in [5.74, 6) is 0.304. The van der Waals surface area contributed by atoms with Crippen LogP contribution in [0.15, 0.2) is 59.9 Å². The van der Waals surface area contributed by atoms with Crippen LogP contribution in [0.5, 0.6) is 0 Å². The molecule has 0 fully saturated rings. The van der Waals surface area contributed by atoms with Crippen LogP contribution in [0.4, 0.5) is 0 Å². The number of aliphatic hydroxyl groups is 1. The van der Waals surface area contributed by atoms with E-state index in [2.05, 4.69) is 96.5 Å². The molecule has 2 atom stereocenters. The number of ether oxygens (including phenoxy) is 1. The summed E-state index contributed by atoms with van der Waals surface area (Å²) in [6.45, 7) is 18.4. The van der Waals surface area contributed by atoms with E-state index in [0.29, 0.717) is 6.61 Å². The third-order valence-electron chi connectivity index (χ3n) is 7.51. The molecule has 176 valence electrons. The first kappa shape index (κ1) is 23.6. The summed E-state index contributed by atoms with van der Waals surface area (Å²) >= 11 is 0. The normalized spacial score (nSPS) is 23.3. The van der Waals surface area contributed by atoms with Crippen LogP contribution in [0, 0.1) is 5.41 Å². The lowest BCUT2D eigenvalue weighted by Crippen LogP contribution is -2.45. The lowest BCUT2D eigenvalue weighted by molar-refractivity contribution is 0.162. The summed E-state index contributed by atoms with van der Waals surface area (Å²) < 4.78 is 5.52. The van der Waals surface area contributed by atoms with Crippen molar-refractivity contribution < 1.29 is 9.84 Å². The van der Waals surface area contributed by atoms with Gasteiger partial charge in [0.05, 0.1) is 6.04 Å². The highest BCUT2D eigenvalue weighted by atomic mass is 16.5. The van der Waals surface area contributed by atoms with Crippen LogP contribution in [0.1, 0.15) is 70.6 Å². The molecule has 0 aromatic heterocycles. The fourth-order valence-corrected chi connectivity index (χ4v) is 6.17. The molecule has 2 aromatic carbocycles. The second kappa shape index (κ2) is 8.06. The Morgan fingerprint density at radius 3 is 2.52 bits per heavy atom. The van der Waals surface area contributed by atoms with E-state index in [9.17, 15) is 5.11 Å². The number of hydrogen-bond donors (Lipinski definition) is 1. The molecule has 0 bridgehead atoms. The highest BCUT2D eigenvalue weighted by Gasteiger charge is 2.46. The van der Waals surface area contributed by atoms with Crippen LogP contribution >= 0.6 is 0 Å². The van der Waals surface area contributed by atoms with Crippen molar-refractivity contribution in [3.63, 3.8) is 0 Å². The van der Waals surface area contributed by atoms with Gasteiger partial charge in [-0.1, -0.05) is 71.5 Å². The van der Waals surface area contributed by atoms with Crippen LogP contribution in [0.2, 0.25) is 0 Å². The highest BCUT2D eigenvalue weighted by Crippen LogP contribution is 2.56. The summed E-state index contributed by atoms with van der Waals surface area (Å²) in [6.07, 6.45) is 3.25. The Morgan fingerprint density at radius 1 is 1.24 bits per heavy atom. The van der Waals surface area contributed by atoms with E-state index in [1.165, 1.54) is 44.3 Å². The van der Waals surface area contributed by atoms with Gasteiger partial charge in [-0.15, -0.1) is 0 Å². The number of hydrogen-bond acceptors (Lipinski definition) is 3. The van der Waals surface area contributed by atoms with Gasteiger partial charge in [-0.2, -0.15) is 0 Å². The second-order valence-corrected chi connectivity index (χ2v) is 11.4. The molecule has 1 heterocycles. The third kappa shape index (κ3) is 3.71. The molecule has 0 radical (unpaired) electrons. The van der Waals surface area contributed by atoms with Crippen molar-refractivity contribution in [1.82, 2.24) is 4.90 Å². The predicted molar refractivity (Wildman–Crippen MR) is 140 cm³/mol. The molecular formula is C30H39NO2. The van der Waals surface area contributed by atoms with Crippen LogP contribution in [-0.4, -0.2) is 36.8 Å². The Labute approximate surface area is 199 Å². The van der Waals surface area contributed by atoms with E-state index >= 15 is 0 Å². The Bertz CT molecular complexity index is 1180. The molecule has 4 rings (SSSR count). The van der Waals surface area contributed by atoms with Gasteiger partial charge in [-0.25, -0.2) is 0 Å². The molecule has 0 saturated heterocycles. The van der Waals surface area contributed by atoms with Gasteiger partial charge >= 0.3 is 0 Å². The third-order valence-corrected chi connectivity index (χ3v) is 7.51. The highest BCUT2D eigenvalue weighted by molar-refractivity contribution is 5.96. The molecule has 0 saturated carbocycles. The molecule has 3 nitrogen and oxygen atoms in total. The van der Waals surface area contributed by atoms with E-state index < -0.39 is 0 Å². The molecule has 1 aliphatic carbocycles. The quantitative estimate of drug-likeness (QED) is 0.500.